The zero-order chi connectivity index (χ0) is 29.7. The molecule has 0 radical (unpaired) electrons. The van der Waals surface area contributed by atoms with Crippen LogP contribution in [-0.4, -0.2) is 79.8 Å². The summed E-state index contributed by atoms with van der Waals surface area (Å²) < 4.78 is 10.5. The Morgan fingerprint density at radius 3 is 2.32 bits per heavy atom. The van der Waals surface area contributed by atoms with Gasteiger partial charge in [0.1, 0.15) is 45.2 Å². The number of nitro groups is 1. The van der Waals surface area contributed by atoms with Crippen molar-refractivity contribution in [1.82, 2.24) is 14.9 Å². The number of halogens is 2. The van der Waals surface area contributed by atoms with Crippen molar-refractivity contribution >= 4 is 63.6 Å². The van der Waals surface area contributed by atoms with Gasteiger partial charge >= 0.3 is 6.03 Å². The number of rotatable bonds is 9. The zero-order valence-corrected chi connectivity index (χ0v) is 24.5. The van der Waals surface area contributed by atoms with Crippen molar-refractivity contribution < 1.29 is 19.2 Å². The van der Waals surface area contributed by atoms with Crippen molar-refractivity contribution in [3.8, 4) is 11.5 Å². The van der Waals surface area contributed by atoms with E-state index in [1.165, 1.54) is 44.6 Å². The predicted molar refractivity (Wildman–Crippen MR) is 160 cm³/mol. The molecule has 0 spiro atoms. The van der Waals surface area contributed by atoms with Gasteiger partial charge in [0.2, 0.25) is 0 Å². The van der Waals surface area contributed by atoms with Gasteiger partial charge in [-0.1, -0.05) is 30.1 Å². The van der Waals surface area contributed by atoms with Crippen LogP contribution in [0, 0.1) is 10.1 Å². The van der Waals surface area contributed by atoms with Crippen LogP contribution in [0.5, 0.6) is 11.5 Å². The second-order valence-electron chi connectivity index (χ2n) is 9.04. The van der Waals surface area contributed by atoms with E-state index in [-0.39, 0.29) is 50.2 Å². The summed E-state index contributed by atoms with van der Waals surface area (Å²) in [5, 5.41) is 17.7. The van der Waals surface area contributed by atoms with Gasteiger partial charge in [-0.3, -0.25) is 15.0 Å². The molecule has 15 heteroatoms. The number of nitrogens with zero attached hydrogens (tertiary/aromatic N) is 6. The van der Waals surface area contributed by atoms with Gasteiger partial charge < -0.3 is 29.9 Å². The van der Waals surface area contributed by atoms with E-state index in [9.17, 15) is 14.9 Å². The smallest absolute Gasteiger partial charge is 0.327 e. The van der Waals surface area contributed by atoms with Crippen LogP contribution >= 0.6 is 23.2 Å². The molecule has 2 amide bonds. The average molecular weight is 605 g/mol. The molecule has 0 aliphatic carbocycles. The van der Waals surface area contributed by atoms with Crippen molar-refractivity contribution in [3.63, 3.8) is 0 Å². The molecule has 2 heterocycles. The monoisotopic (exact) mass is 604 g/mol. The molecule has 1 aromatic heterocycles. The fraction of sp³-hybridized carbons (Fsp3) is 0.346. The topological polar surface area (TPSA) is 138 Å². The fourth-order valence-corrected chi connectivity index (χ4v) is 4.92. The van der Waals surface area contributed by atoms with E-state index in [1.54, 1.807) is 12.1 Å². The molecule has 0 bridgehead atoms. The fourth-order valence-electron chi connectivity index (χ4n) is 4.32. The molecular weight excluding hydrogens is 575 g/mol. The number of methoxy groups -OCH3 is 2. The van der Waals surface area contributed by atoms with Gasteiger partial charge in [-0.2, -0.15) is 0 Å². The minimum absolute atomic E-state index is 0.0908. The van der Waals surface area contributed by atoms with Crippen LogP contribution < -0.4 is 29.9 Å². The molecule has 0 unspecified atom stereocenters. The third-order valence-corrected chi connectivity index (χ3v) is 7.48. The number of piperazine rings is 1. The zero-order valence-electron chi connectivity index (χ0n) is 23.0. The van der Waals surface area contributed by atoms with Crippen LogP contribution in [0.3, 0.4) is 0 Å². The number of aromatic nitrogens is 2. The van der Waals surface area contributed by atoms with E-state index in [0.717, 1.165) is 38.4 Å². The Labute approximate surface area is 247 Å². The molecule has 0 atom stereocenters. The standard InChI is InChI=1S/C26H30Cl2N8O5/c1-5-34-8-10-35(11-9-34)16-6-7-17(18(12-16)36(38)39)31-21-14-22(30-15-29-21)33(2)26(37)32-25-23(27)19(40-3)13-20(41-4)24(25)28/h6-7,12-15H,5,8-11H2,1-4H3,(H,32,37)(H,29,30,31). The van der Waals surface area contributed by atoms with Crippen molar-refractivity contribution in [2.75, 3.05) is 74.4 Å². The second-order valence-corrected chi connectivity index (χ2v) is 9.80. The molecule has 13 nitrogen and oxygen atoms in total. The van der Waals surface area contributed by atoms with E-state index in [4.69, 9.17) is 32.7 Å². The van der Waals surface area contributed by atoms with Crippen LogP contribution in [0.4, 0.5) is 39.2 Å². The molecule has 2 aromatic carbocycles. The Balaban J connectivity index is 1.53. The largest absolute Gasteiger partial charge is 0.495 e. The first-order valence-corrected chi connectivity index (χ1v) is 13.4. The minimum atomic E-state index is -0.618. The van der Waals surface area contributed by atoms with Gasteiger partial charge in [-0.15, -0.1) is 0 Å². The maximum atomic E-state index is 13.1. The SMILES string of the molecule is CCN1CCN(c2ccc(Nc3cc(N(C)C(=O)Nc4c(Cl)c(OC)cc(OC)c4Cl)ncn3)c([N+](=O)[O-])c2)CC1. The van der Waals surface area contributed by atoms with Crippen molar-refractivity contribution in [3.05, 3.63) is 56.8 Å². The lowest BCUT2D eigenvalue weighted by molar-refractivity contribution is -0.383. The molecule has 4 rings (SSSR count). The Morgan fingerprint density at radius 1 is 1.07 bits per heavy atom. The summed E-state index contributed by atoms with van der Waals surface area (Å²) in [5.74, 6) is 0.974. The van der Waals surface area contributed by atoms with Crippen molar-refractivity contribution in [2.24, 2.45) is 0 Å². The number of nitro benzene ring substituents is 1. The van der Waals surface area contributed by atoms with E-state index < -0.39 is 11.0 Å². The average Bonchev–Trinajstić information content (AvgIpc) is 2.99. The molecule has 1 aliphatic rings. The van der Waals surface area contributed by atoms with E-state index in [2.05, 4.69) is 37.3 Å². The lowest BCUT2D eigenvalue weighted by atomic mass is 10.2. The van der Waals surface area contributed by atoms with Gasteiger partial charge in [0.05, 0.1) is 24.8 Å². The molecule has 41 heavy (non-hydrogen) atoms. The number of hydrogen-bond acceptors (Lipinski definition) is 10. The summed E-state index contributed by atoms with van der Waals surface area (Å²) in [6.07, 6.45) is 1.24. The summed E-state index contributed by atoms with van der Waals surface area (Å²) in [7, 11) is 4.33. The number of amides is 2. The van der Waals surface area contributed by atoms with Crippen LogP contribution in [0.2, 0.25) is 10.0 Å². The number of ether oxygens (including phenoxy) is 2. The highest BCUT2D eigenvalue weighted by Gasteiger charge is 2.23. The summed E-state index contributed by atoms with van der Waals surface area (Å²) >= 11 is 12.7. The van der Waals surface area contributed by atoms with Gasteiger partial charge in [0.15, 0.2) is 0 Å². The van der Waals surface area contributed by atoms with Gasteiger partial charge in [0, 0.05) is 57.1 Å². The predicted octanol–water partition coefficient (Wildman–Crippen LogP) is 5.26. The van der Waals surface area contributed by atoms with E-state index in [1.807, 2.05) is 6.07 Å². The van der Waals surface area contributed by atoms with E-state index >= 15 is 0 Å². The van der Waals surface area contributed by atoms with Crippen molar-refractivity contribution in [2.45, 2.75) is 6.92 Å². The Bertz CT molecular complexity index is 1410. The number of carbonyl (C=O) groups is 1. The molecule has 1 aliphatic heterocycles. The minimum Gasteiger partial charge on any atom is -0.495 e. The van der Waals surface area contributed by atoms with Crippen LogP contribution in [0.1, 0.15) is 6.92 Å². The number of benzene rings is 2. The van der Waals surface area contributed by atoms with Crippen LogP contribution in [0.25, 0.3) is 0 Å². The summed E-state index contributed by atoms with van der Waals surface area (Å²) in [6.45, 7) is 6.48. The molecular formula is C26H30Cl2N8O5. The Kier molecular flexibility index (Phi) is 9.53. The normalized spacial score (nSPS) is 13.5. The van der Waals surface area contributed by atoms with Crippen molar-refractivity contribution in [1.29, 1.82) is 0 Å². The lowest BCUT2D eigenvalue weighted by Gasteiger charge is -2.35. The molecule has 2 N–H and O–H groups in total. The van der Waals surface area contributed by atoms with Crippen LogP contribution in [0.15, 0.2) is 36.7 Å². The third kappa shape index (κ3) is 6.64. The summed E-state index contributed by atoms with van der Waals surface area (Å²) in [4.78, 5) is 38.6. The molecule has 1 saturated heterocycles. The molecule has 0 saturated carbocycles. The van der Waals surface area contributed by atoms with Gasteiger partial charge in [-0.25, -0.2) is 14.8 Å². The highest BCUT2D eigenvalue weighted by atomic mass is 35.5. The number of nitrogens with one attached hydrogen (secondary N) is 2. The van der Waals surface area contributed by atoms with Gasteiger partial charge in [-0.05, 0) is 18.7 Å². The highest BCUT2D eigenvalue weighted by Crippen LogP contribution is 2.44. The summed E-state index contributed by atoms with van der Waals surface area (Å²) in [6, 6.07) is 7.42. The second kappa shape index (κ2) is 13.1. The number of anilines is 5. The molecule has 218 valence electrons. The third-order valence-electron chi connectivity index (χ3n) is 6.73. The highest BCUT2D eigenvalue weighted by molar-refractivity contribution is 6.41. The summed E-state index contributed by atoms with van der Waals surface area (Å²) in [5.41, 5.74) is 1.04. The number of urea groups is 1. The first kappa shape index (κ1) is 29.9. The first-order valence-electron chi connectivity index (χ1n) is 12.7. The van der Waals surface area contributed by atoms with Crippen LogP contribution in [-0.2, 0) is 0 Å². The quantitative estimate of drug-likeness (QED) is 0.245. The van der Waals surface area contributed by atoms with Gasteiger partial charge in [0.25, 0.3) is 5.69 Å². The lowest BCUT2D eigenvalue weighted by Crippen LogP contribution is -2.46. The van der Waals surface area contributed by atoms with E-state index in [0.29, 0.717) is 0 Å². The maximum absolute atomic E-state index is 13.1. The first-order chi connectivity index (χ1) is 19.7. The molecule has 3 aromatic rings. The number of carbonyl (C=O) groups excluding carboxylic acids is 1. The Morgan fingerprint density at radius 2 is 1.73 bits per heavy atom. The number of likely N-dealkylation sites (N-methyl/N-ethyl adjacent to an activating group) is 1. The molecule has 1 fully saturated rings. The Hall–Kier alpha value is -4.07. The maximum Gasteiger partial charge on any atom is 0.327 e. The number of hydrogen-bond donors (Lipinski definition) is 2.